The molecule has 1 aromatic rings. The van der Waals surface area contributed by atoms with E-state index in [-0.39, 0.29) is 18.0 Å². The summed E-state index contributed by atoms with van der Waals surface area (Å²) in [6, 6.07) is 0. The summed E-state index contributed by atoms with van der Waals surface area (Å²) < 4.78 is 9.60. The normalized spacial score (nSPS) is 22.2. The van der Waals surface area contributed by atoms with E-state index in [1.54, 1.807) is 6.92 Å². The molecule has 1 aliphatic heterocycles. The van der Waals surface area contributed by atoms with E-state index in [0.29, 0.717) is 21.4 Å². The number of nitrogens with zero attached hydrogens (tertiary/aromatic N) is 1. The van der Waals surface area contributed by atoms with E-state index in [9.17, 15) is 14.4 Å². The first-order chi connectivity index (χ1) is 13.4. The molecule has 0 spiro atoms. The first-order valence-electron chi connectivity index (χ1n) is 9.76. The van der Waals surface area contributed by atoms with Crippen molar-refractivity contribution in [2.75, 3.05) is 39.2 Å². The van der Waals surface area contributed by atoms with Crippen LogP contribution in [0.3, 0.4) is 0 Å². The summed E-state index contributed by atoms with van der Waals surface area (Å²) in [5.74, 6) is 0.198. The zero-order chi connectivity index (χ0) is 20.3. The molecular formula is C20H28N2O5S. The molecule has 154 valence electrons. The molecule has 2 fully saturated rings. The predicted octanol–water partition coefficient (Wildman–Crippen LogP) is 3.08. The predicted molar refractivity (Wildman–Crippen MR) is 107 cm³/mol. The van der Waals surface area contributed by atoms with Crippen LogP contribution in [-0.2, 0) is 14.3 Å². The summed E-state index contributed by atoms with van der Waals surface area (Å²) in [7, 11) is 2.56. The number of anilines is 1. The van der Waals surface area contributed by atoms with E-state index >= 15 is 0 Å². The Bertz CT molecular complexity index is 760. The lowest BCUT2D eigenvalue weighted by Gasteiger charge is -2.41. The maximum Gasteiger partial charge on any atom is 0.348 e. The van der Waals surface area contributed by atoms with Crippen molar-refractivity contribution in [3.05, 3.63) is 16.0 Å². The van der Waals surface area contributed by atoms with Gasteiger partial charge in [0.15, 0.2) is 0 Å². The number of piperidine rings is 1. The summed E-state index contributed by atoms with van der Waals surface area (Å²) in [6.45, 7) is 3.82. The van der Waals surface area contributed by atoms with Crippen LogP contribution in [0, 0.1) is 18.8 Å². The van der Waals surface area contributed by atoms with Crippen LogP contribution in [-0.4, -0.2) is 56.6 Å². The van der Waals surface area contributed by atoms with Gasteiger partial charge in [-0.25, -0.2) is 9.59 Å². The van der Waals surface area contributed by atoms with Gasteiger partial charge in [0.2, 0.25) is 5.91 Å². The highest BCUT2D eigenvalue weighted by molar-refractivity contribution is 7.18. The lowest BCUT2D eigenvalue weighted by Crippen LogP contribution is -2.44. The van der Waals surface area contributed by atoms with Gasteiger partial charge < -0.3 is 14.8 Å². The van der Waals surface area contributed by atoms with E-state index in [1.807, 2.05) is 0 Å². The number of methoxy groups -OCH3 is 2. The Kier molecular flexibility index (Phi) is 6.72. The van der Waals surface area contributed by atoms with Crippen LogP contribution < -0.4 is 5.32 Å². The number of carbonyl (C=O) groups excluding carboxylic acids is 3. The highest BCUT2D eigenvalue weighted by Gasteiger charge is 2.32. The zero-order valence-corrected chi connectivity index (χ0v) is 17.5. The summed E-state index contributed by atoms with van der Waals surface area (Å²) >= 11 is 1.05. The summed E-state index contributed by atoms with van der Waals surface area (Å²) in [4.78, 5) is 39.3. The van der Waals surface area contributed by atoms with Crippen molar-refractivity contribution < 1.29 is 23.9 Å². The molecule has 28 heavy (non-hydrogen) atoms. The van der Waals surface area contributed by atoms with E-state index in [4.69, 9.17) is 9.47 Å². The molecule has 2 aliphatic rings. The fourth-order valence-electron chi connectivity index (χ4n) is 4.43. The van der Waals surface area contributed by atoms with Crippen molar-refractivity contribution in [3.8, 4) is 0 Å². The third-order valence-corrected chi connectivity index (χ3v) is 7.09. The van der Waals surface area contributed by atoms with Gasteiger partial charge in [0.25, 0.3) is 0 Å². The Morgan fingerprint density at radius 3 is 2.43 bits per heavy atom. The van der Waals surface area contributed by atoms with Crippen molar-refractivity contribution >= 4 is 34.2 Å². The second-order valence-electron chi connectivity index (χ2n) is 7.62. The third kappa shape index (κ3) is 4.38. The molecule has 1 aliphatic carbocycles. The van der Waals surface area contributed by atoms with Gasteiger partial charge in [0, 0.05) is 6.54 Å². The van der Waals surface area contributed by atoms with E-state index in [1.165, 1.54) is 39.9 Å². The fraction of sp³-hybridized carbons (Fsp3) is 0.650. The Hall–Kier alpha value is -1.93. The van der Waals surface area contributed by atoms with Gasteiger partial charge in [-0.3, -0.25) is 9.69 Å². The van der Waals surface area contributed by atoms with Crippen LogP contribution in [0.5, 0.6) is 0 Å². The highest BCUT2D eigenvalue weighted by Crippen LogP contribution is 2.36. The minimum absolute atomic E-state index is 0.183. The second kappa shape index (κ2) is 9.05. The molecule has 2 heterocycles. The van der Waals surface area contributed by atoms with Crippen LogP contribution in [0.1, 0.15) is 57.7 Å². The molecule has 0 unspecified atom stereocenters. The number of ether oxygens (including phenoxy) is 2. The molecular weight excluding hydrogens is 380 g/mol. The average molecular weight is 409 g/mol. The second-order valence-corrected chi connectivity index (χ2v) is 8.64. The molecule has 1 amide bonds. The molecule has 2 atom stereocenters. The van der Waals surface area contributed by atoms with Gasteiger partial charge in [0.05, 0.1) is 26.3 Å². The number of thiophene rings is 1. The molecule has 0 aromatic carbocycles. The van der Waals surface area contributed by atoms with Crippen molar-refractivity contribution in [1.82, 2.24) is 4.90 Å². The zero-order valence-electron chi connectivity index (χ0n) is 16.7. The van der Waals surface area contributed by atoms with Gasteiger partial charge in [-0.15, -0.1) is 11.3 Å². The fourth-order valence-corrected chi connectivity index (χ4v) is 5.56. The van der Waals surface area contributed by atoms with Crippen LogP contribution in [0.15, 0.2) is 0 Å². The molecule has 8 heteroatoms. The summed E-state index contributed by atoms with van der Waals surface area (Å²) in [6.07, 6.45) is 6.34. The smallest absolute Gasteiger partial charge is 0.348 e. The first kappa shape index (κ1) is 20.8. The number of hydrogen-bond acceptors (Lipinski definition) is 7. The third-order valence-electron chi connectivity index (χ3n) is 5.90. The van der Waals surface area contributed by atoms with Gasteiger partial charge in [-0.1, -0.05) is 19.3 Å². The Morgan fingerprint density at radius 1 is 1.07 bits per heavy atom. The Labute approximate surface area is 169 Å². The minimum atomic E-state index is -0.581. The molecule has 1 aromatic heterocycles. The number of carbonyl (C=O) groups is 3. The van der Waals surface area contributed by atoms with E-state index in [0.717, 1.165) is 36.8 Å². The maximum absolute atomic E-state index is 12.6. The van der Waals surface area contributed by atoms with E-state index < -0.39 is 11.9 Å². The van der Waals surface area contributed by atoms with Crippen molar-refractivity contribution in [1.29, 1.82) is 0 Å². The Balaban J connectivity index is 1.69. The van der Waals surface area contributed by atoms with Gasteiger partial charge in [-0.2, -0.15) is 0 Å². The highest BCUT2D eigenvalue weighted by atomic mass is 32.1. The molecule has 0 bridgehead atoms. The number of rotatable bonds is 5. The maximum atomic E-state index is 12.6. The topological polar surface area (TPSA) is 84.9 Å². The molecule has 3 rings (SSSR count). The summed E-state index contributed by atoms with van der Waals surface area (Å²) in [5, 5.41) is 3.15. The number of nitrogens with one attached hydrogen (secondary N) is 1. The van der Waals surface area contributed by atoms with Crippen molar-refractivity contribution in [2.45, 2.75) is 39.0 Å². The molecule has 1 saturated carbocycles. The van der Waals surface area contributed by atoms with Gasteiger partial charge in [0.1, 0.15) is 9.88 Å². The SMILES string of the molecule is COC(=O)c1sc(NC(=O)CN2CC[C@@H]3CCCC[C@@H]3C2)c(C(=O)OC)c1C. The van der Waals surface area contributed by atoms with Gasteiger partial charge >= 0.3 is 11.9 Å². The van der Waals surface area contributed by atoms with Crippen LogP contribution >= 0.6 is 11.3 Å². The number of likely N-dealkylation sites (tertiary alicyclic amines) is 1. The molecule has 1 N–H and O–H groups in total. The van der Waals surface area contributed by atoms with Crippen molar-refractivity contribution in [3.63, 3.8) is 0 Å². The molecule has 1 saturated heterocycles. The van der Waals surface area contributed by atoms with E-state index in [2.05, 4.69) is 10.2 Å². The molecule has 7 nitrogen and oxygen atoms in total. The average Bonchev–Trinajstić information content (AvgIpc) is 3.02. The standard InChI is InChI=1S/C20H28N2O5S/c1-12-16(19(24)26-2)18(28-17(12)20(25)27-3)21-15(23)11-22-9-8-13-6-4-5-7-14(13)10-22/h13-14H,4-11H2,1-3H3,(H,21,23)/t13-,14+/m0/s1. The minimum Gasteiger partial charge on any atom is -0.465 e. The number of fused-ring (bicyclic) bond motifs is 1. The monoisotopic (exact) mass is 408 g/mol. The summed E-state index contributed by atoms with van der Waals surface area (Å²) in [5.41, 5.74) is 0.675. The van der Waals surface area contributed by atoms with Crippen LogP contribution in [0.25, 0.3) is 0 Å². The first-order valence-corrected chi connectivity index (χ1v) is 10.6. The lowest BCUT2D eigenvalue weighted by atomic mass is 9.75. The number of hydrogen-bond donors (Lipinski definition) is 1. The largest absolute Gasteiger partial charge is 0.465 e. The van der Waals surface area contributed by atoms with Crippen LogP contribution in [0.4, 0.5) is 5.00 Å². The quantitative estimate of drug-likeness (QED) is 0.754. The van der Waals surface area contributed by atoms with Crippen LogP contribution in [0.2, 0.25) is 0 Å². The molecule has 0 radical (unpaired) electrons. The number of amides is 1. The Morgan fingerprint density at radius 2 is 1.75 bits per heavy atom. The van der Waals surface area contributed by atoms with Gasteiger partial charge in [-0.05, 0) is 43.7 Å². The van der Waals surface area contributed by atoms with Crippen molar-refractivity contribution in [2.24, 2.45) is 11.8 Å². The number of esters is 2. The lowest BCUT2D eigenvalue weighted by molar-refractivity contribution is -0.118.